The number of ether oxygens (including phenoxy) is 3. The van der Waals surface area contributed by atoms with E-state index in [9.17, 15) is 4.79 Å². The summed E-state index contributed by atoms with van der Waals surface area (Å²) in [5.41, 5.74) is 1.15. The van der Waals surface area contributed by atoms with Crippen LogP contribution >= 0.6 is 0 Å². The molecular formula is C15H22O4. The first kappa shape index (κ1) is 15.7. The third-order valence-electron chi connectivity index (χ3n) is 2.62. The molecule has 4 nitrogen and oxygen atoms in total. The van der Waals surface area contributed by atoms with E-state index >= 15 is 0 Å². The van der Waals surface area contributed by atoms with Crippen molar-refractivity contribution in [3.05, 3.63) is 29.8 Å². The van der Waals surface area contributed by atoms with Gasteiger partial charge in [0.25, 0.3) is 0 Å². The van der Waals surface area contributed by atoms with Crippen LogP contribution in [0, 0.1) is 0 Å². The number of Topliss-reactive ketones (excluding diaryl/α,β-unsaturated/α-hetero) is 1. The molecule has 1 aromatic carbocycles. The van der Waals surface area contributed by atoms with E-state index in [4.69, 9.17) is 14.2 Å². The first-order chi connectivity index (χ1) is 9.22. The van der Waals surface area contributed by atoms with Crippen LogP contribution in [-0.2, 0) is 20.7 Å². The van der Waals surface area contributed by atoms with Crippen LogP contribution in [0.15, 0.2) is 24.3 Å². The number of carbonyl (C=O) groups is 1. The van der Waals surface area contributed by atoms with E-state index in [-0.39, 0.29) is 5.78 Å². The summed E-state index contributed by atoms with van der Waals surface area (Å²) in [6.07, 6.45) is 1.38. The monoisotopic (exact) mass is 266 g/mol. The Labute approximate surface area is 114 Å². The molecule has 0 heterocycles. The van der Waals surface area contributed by atoms with E-state index in [0.717, 1.165) is 17.7 Å². The summed E-state index contributed by atoms with van der Waals surface area (Å²) < 4.78 is 15.7. The van der Waals surface area contributed by atoms with Gasteiger partial charge in [-0.25, -0.2) is 0 Å². The molecule has 0 radical (unpaired) electrons. The maximum absolute atomic E-state index is 10.9. The number of rotatable bonds is 10. The van der Waals surface area contributed by atoms with Crippen molar-refractivity contribution in [1.29, 1.82) is 0 Å². The second kappa shape index (κ2) is 9.53. The lowest BCUT2D eigenvalue weighted by molar-refractivity contribution is -0.116. The third-order valence-corrected chi connectivity index (χ3v) is 2.62. The second-order valence-corrected chi connectivity index (χ2v) is 4.30. The molecule has 0 bridgehead atoms. The molecule has 0 spiro atoms. The SMILES string of the molecule is COCCOCCOc1ccc(CCC(C)=O)cc1. The van der Waals surface area contributed by atoms with Gasteiger partial charge in [-0.1, -0.05) is 12.1 Å². The lowest BCUT2D eigenvalue weighted by Crippen LogP contribution is -2.09. The van der Waals surface area contributed by atoms with Gasteiger partial charge in [0.05, 0.1) is 19.8 Å². The first-order valence-electron chi connectivity index (χ1n) is 6.50. The smallest absolute Gasteiger partial charge is 0.130 e. The van der Waals surface area contributed by atoms with Gasteiger partial charge in [0.2, 0.25) is 0 Å². The predicted molar refractivity (Wildman–Crippen MR) is 73.6 cm³/mol. The van der Waals surface area contributed by atoms with Crippen LogP contribution in [0.1, 0.15) is 18.9 Å². The fourth-order valence-electron chi connectivity index (χ4n) is 1.54. The van der Waals surface area contributed by atoms with Crippen molar-refractivity contribution in [2.75, 3.05) is 33.5 Å². The molecule has 4 heteroatoms. The molecule has 0 aromatic heterocycles. The van der Waals surface area contributed by atoms with Crippen molar-refractivity contribution in [2.45, 2.75) is 19.8 Å². The van der Waals surface area contributed by atoms with E-state index in [2.05, 4.69) is 0 Å². The molecule has 1 aromatic rings. The van der Waals surface area contributed by atoms with Gasteiger partial charge in [-0.2, -0.15) is 0 Å². The molecule has 0 saturated heterocycles. The summed E-state index contributed by atoms with van der Waals surface area (Å²) in [6.45, 7) is 3.88. The van der Waals surface area contributed by atoms with Crippen LogP contribution in [0.5, 0.6) is 5.75 Å². The van der Waals surface area contributed by atoms with Gasteiger partial charge in [-0.15, -0.1) is 0 Å². The summed E-state index contributed by atoms with van der Waals surface area (Å²) in [5.74, 6) is 1.04. The molecule has 0 atom stereocenters. The molecule has 0 amide bonds. The Hall–Kier alpha value is -1.39. The predicted octanol–water partition coefficient (Wildman–Crippen LogP) is 2.25. The number of hydrogen-bond donors (Lipinski definition) is 0. The molecule has 106 valence electrons. The highest BCUT2D eigenvalue weighted by molar-refractivity contribution is 5.75. The minimum atomic E-state index is 0.216. The number of aryl methyl sites for hydroxylation is 1. The van der Waals surface area contributed by atoms with Gasteiger partial charge >= 0.3 is 0 Å². The maximum atomic E-state index is 10.9. The highest BCUT2D eigenvalue weighted by atomic mass is 16.5. The van der Waals surface area contributed by atoms with Crippen LogP contribution in [-0.4, -0.2) is 39.3 Å². The topological polar surface area (TPSA) is 44.8 Å². The van der Waals surface area contributed by atoms with E-state index in [1.807, 2.05) is 24.3 Å². The number of ketones is 1. The Kier molecular flexibility index (Phi) is 7.86. The summed E-state index contributed by atoms with van der Waals surface area (Å²) in [6, 6.07) is 7.82. The quantitative estimate of drug-likeness (QED) is 0.609. The van der Waals surface area contributed by atoms with Crippen molar-refractivity contribution in [3.8, 4) is 5.75 Å². The number of methoxy groups -OCH3 is 1. The van der Waals surface area contributed by atoms with Crippen LogP contribution in [0.25, 0.3) is 0 Å². The third kappa shape index (κ3) is 7.59. The molecule has 0 aliphatic rings. The van der Waals surface area contributed by atoms with Gasteiger partial charge in [-0.05, 0) is 31.0 Å². The van der Waals surface area contributed by atoms with Crippen LogP contribution in [0.3, 0.4) is 0 Å². The molecule has 0 unspecified atom stereocenters. The van der Waals surface area contributed by atoms with Gasteiger partial charge in [0.15, 0.2) is 0 Å². The minimum Gasteiger partial charge on any atom is -0.491 e. The van der Waals surface area contributed by atoms with Crippen molar-refractivity contribution in [1.82, 2.24) is 0 Å². The van der Waals surface area contributed by atoms with Crippen molar-refractivity contribution in [3.63, 3.8) is 0 Å². The highest BCUT2D eigenvalue weighted by Crippen LogP contribution is 2.13. The molecular weight excluding hydrogens is 244 g/mol. The van der Waals surface area contributed by atoms with Crippen molar-refractivity contribution < 1.29 is 19.0 Å². The fourth-order valence-corrected chi connectivity index (χ4v) is 1.54. The lowest BCUT2D eigenvalue weighted by Gasteiger charge is -2.07. The number of carbonyl (C=O) groups excluding carboxylic acids is 1. The average molecular weight is 266 g/mol. The van der Waals surface area contributed by atoms with Crippen molar-refractivity contribution >= 4 is 5.78 Å². The molecule has 0 aliphatic carbocycles. The Morgan fingerprint density at radius 1 is 1.05 bits per heavy atom. The van der Waals surface area contributed by atoms with E-state index in [1.165, 1.54) is 0 Å². The second-order valence-electron chi connectivity index (χ2n) is 4.30. The highest BCUT2D eigenvalue weighted by Gasteiger charge is 1.98. The molecule has 0 saturated carbocycles. The maximum Gasteiger partial charge on any atom is 0.130 e. The minimum absolute atomic E-state index is 0.216. The number of benzene rings is 1. The summed E-state index contributed by atoms with van der Waals surface area (Å²) >= 11 is 0. The van der Waals surface area contributed by atoms with Gasteiger partial charge in [0.1, 0.15) is 18.1 Å². The van der Waals surface area contributed by atoms with E-state index < -0.39 is 0 Å². The van der Waals surface area contributed by atoms with Crippen LogP contribution in [0.2, 0.25) is 0 Å². The first-order valence-corrected chi connectivity index (χ1v) is 6.50. The van der Waals surface area contributed by atoms with E-state index in [1.54, 1.807) is 14.0 Å². The van der Waals surface area contributed by atoms with Gasteiger partial charge in [0, 0.05) is 13.5 Å². The summed E-state index contributed by atoms with van der Waals surface area (Å²) in [4.78, 5) is 10.9. The summed E-state index contributed by atoms with van der Waals surface area (Å²) in [7, 11) is 1.65. The summed E-state index contributed by atoms with van der Waals surface area (Å²) in [5, 5.41) is 0. The molecule has 0 N–H and O–H groups in total. The zero-order chi connectivity index (χ0) is 13.9. The van der Waals surface area contributed by atoms with E-state index in [0.29, 0.717) is 32.8 Å². The Morgan fingerprint density at radius 2 is 1.74 bits per heavy atom. The van der Waals surface area contributed by atoms with Gasteiger partial charge < -0.3 is 19.0 Å². The molecule has 0 aliphatic heterocycles. The number of hydrogen-bond acceptors (Lipinski definition) is 4. The molecule has 1 rings (SSSR count). The normalized spacial score (nSPS) is 10.4. The lowest BCUT2D eigenvalue weighted by atomic mass is 10.1. The Balaban J connectivity index is 2.19. The van der Waals surface area contributed by atoms with Crippen LogP contribution < -0.4 is 4.74 Å². The molecule has 19 heavy (non-hydrogen) atoms. The Morgan fingerprint density at radius 3 is 2.37 bits per heavy atom. The van der Waals surface area contributed by atoms with Crippen molar-refractivity contribution in [2.24, 2.45) is 0 Å². The largest absolute Gasteiger partial charge is 0.491 e. The van der Waals surface area contributed by atoms with Gasteiger partial charge in [-0.3, -0.25) is 0 Å². The standard InChI is InChI=1S/C15H22O4/c1-13(16)3-4-14-5-7-15(8-6-14)19-12-11-18-10-9-17-2/h5-8H,3-4,9-12H2,1-2H3. The zero-order valence-corrected chi connectivity index (χ0v) is 11.7. The average Bonchev–Trinajstić information content (AvgIpc) is 2.41. The zero-order valence-electron chi connectivity index (χ0n) is 11.7. The Bertz CT molecular complexity index is 359. The van der Waals surface area contributed by atoms with Crippen LogP contribution in [0.4, 0.5) is 0 Å². The fraction of sp³-hybridized carbons (Fsp3) is 0.533. The molecule has 0 fully saturated rings.